The van der Waals surface area contributed by atoms with Crippen LogP contribution in [0.25, 0.3) is 0 Å². The van der Waals surface area contributed by atoms with Crippen molar-refractivity contribution < 1.29 is 9.53 Å². The third-order valence-corrected chi connectivity index (χ3v) is 4.91. The van der Waals surface area contributed by atoms with Gasteiger partial charge in [-0.25, -0.2) is 4.79 Å². The number of carbonyl (C=O) groups is 1. The van der Waals surface area contributed by atoms with E-state index < -0.39 is 0 Å². The quantitative estimate of drug-likeness (QED) is 0.767. The van der Waals surface area contributed by atoms with Gasteiger partial charge in [0.2, 0.25) is 0 Å². The minimum Gasteiger partial charge on any atom is -0.450 e. The van der Waals surface area contributed by atoms with Crippen molar-refractivity contribution in [3.63, 3.8) is 0 Å². The van der Waals surface area contributed by atoms with Crippen LogP contribution in [-0.2, 0) is 9.53 Å². The van der Waals surface area contributed by atoms with E-state index in [-0.39, 0.29) is 11.6 Å². The molecule has 4 heteroatoms. The minimum atomic E-state index is -0.387. The summed E-state index contributed by atoms with van der Waals surface area (Å²) >= 11 is 0. The number of fused-ring (bicyclic) bond motifs is 3. The molecule has 3 atom stereocenters. The number of carbonyl (C=O) groups excluding carboxylic acids is 1. The molecule has 0 aliphatic carbocycles. The summed E-state index contributed by atoms with van der Waals surface area (Å²) in [4.78, 5) is 14.3. The number of ether oxygens (including phenoxy) is 1. The Morgan fingerprint density at radius 2 is 2.37 bits per heavy atom. The van der Waals surface area contributed by atoms with Crippen molar-refractivity contribution in [2.75, 3.05) is 19.6 Å². The van der Waals surface area contributed by atoms with E-state index in [1.54, 1.807) is 6.08 Å². The van der Waals surface area contributed by atoms with Gasteiger partial charge in [-0.05, 0) is 44.8 Å². The highest BCUT2D eigenvalue weighted by Gasteiger charge is 2.50. The summed E-state index contributed by atoms with van der Waals surface area (Å²) in [6.45, 7) is 7.43. The number of esters is 1. The Morgan fingerprint density at radius 3 is 3.16 bits per heavy atom. The van der Waals surface area contributed by atoms with Crippen LogP contribution in [0.15, 0.2) is 11.6 Å². The predicted octanol–water partition coefficient (Wildman–Crippen LogP) is 1.46. The van der Waals surface area contributed by atoms with Gasteiger partial charge in [0, 0.05) is 18.7 Å². The largest absolute Gasteiger partial charge is 0.450 e. The summed E-state index contributed by atoms with van der Waals surface area (Å²) in [6.07, 6.45) is 6.32. The molecule has 3 aliphatic heterocycles. The molecule has 4 nitrogen and oxygen atoms in total. The molecule has 2 fully saturated rings. The normalized spacial score (nSPS) is 39.1. The van der Waals surface area contributed by atoms with E-state index in [0.717, 1.165) is 32.5 Å². The highest BCUT2D eigenvalue weighted by molar-refractivity contribution is 5.87. The molecule has 0 saturated carbocycles. The number of hydrogen-bond donors (Lipinski definition) is 1. The van der Waals surface area contributed by atoms with Gasteiger partial charge in [-0.15, -0.1) is 0 Å². The number of piperidine rings is 1. The van der Waals surface area contributed by atoms with E-state index in [1.807, 2.05) is 0 Å². The lowest BCUT2D eigenvalue weighted by Gasteiger charge is -2.43. The Balaban J connectivity index is 1.92. The first-order chi connectivity index (χ1) is 9.13. The Hall–Kier alpha value is -0.870. The molecule has 0 amide bonds. The first-order valence-corrected chi connectivity index (χ1v) is 7.55. The van der Waals surface area contributed by atoms with E-state index >= 15 is 0 Å². The molecule has 0 aromatic heterocycles. The lowest BCUT2D eigenvalue weighted by molar-refractivity contribution is -0.150. The smallest absolute Gasteiger partial charge is 0.331 e. The molecule has 0 bridgehead atoms. The molecule has 1 N–H and O–H groups in total. The topological polar surface area (TPSA) is 41.6 Å². The van der Waals surface area contributed by atoms with Crippen LogP contribution in [0, 0.1) is 0 Å². The summed E-state index contributed by atoms with van der Waals surface area (Å²) in [7, 11) is 0. The molecule has 2 unspecified atom stereocenters. The van der Waals surface area contributed by atoms with E-state index in [0.29, 0.717) is 12.1 Å². The lowest BCUT2D eigenvalue weighted by atomic mass is 9.82. The van der Waals surface area contributed by atoms with Gasteiger partial charge < -0.3 is 10.1 Å². The van der Waals surface area contributed by atoms with Crippen LogP contribution in [0.3, 0.4) is 0 Å². The van der Waals surface area contributed by atoms with E-state index in [1.165, 1.54) is 18.4 Å². The van der Waals surface area contributed by atoms with Gasteiger partial charge in [0.1, 0.15) is 5.60 Å². The van der Waals surface area contributed by atoms with Crippen molar-refractivity contribution in [2.24, 2.45) is 0 Å². The Morgan fingerprint density at radius 1 is 1.53 bits per heavy atom. The van der Waals surface area contributed by atoms with Crippen molar-refractivity contribution in [3.8, 4) is 0 Å². The molecule has 19 heavy (non-hydrogen) atoms. The Labute approximate surface area is 115 Å². The van der Waals surface area contributed by atoms with Crippen molar-refractivity contribution in [1.82, 2.24) is 10.2 Å². The molecule has 2 saturated heterocycles. The zero-order chi connectivity index (χ0) is 13.5. The number of nitrogens with zero attached hydrogens (tertiary/aromatic N) is 1. The average Bonchev–Trinajstić information content (AvgIpc) is 2.60. The standard InChI is InChI=1S/C15H24N2O2/c1-3-16-12-8-11-9-14(18)19-15(11,2)13-6-4-5-7-17(13)10-12/h9,12-13,16H,3-8,10H2,1-2H3/t12?,13?,15-/m0/s1. The summed E-state index contributed by atoms with van der Waals surface area (Å²) in [5, 5.41) is 3.55. The number of likely N-dealkylation sites (N-methyl/N-ethyl adjacent to an activating group) is 1. The van der Waals surface area contributed by atoms with Gasteiger partial charge in [-0.2, -0.15) is 0 Å². The van der Waals surface area contributed by atoms with Gasteiger partial charge in [-0.1, -0.05) is 13.3 Å². The van der Waals surface area contributed by atoms with Gasteiger partial charge >= 0.3 is 5.97 Å². The van der Waals surface area contributed by atoms with E-state index in [2.05, 4.69) is 24.1 Å². The van der Waals surface area contributed by atoms with Gasteiger partial charge in [-0.3, -0.25) is 4.90 Å². The maximum Gasteiger partial charge on any atom is 0.331 e. The Bertz CT molecular complexity index is 407. The number of rotatable bonds is 2. The maximum absolute atomic E-state index is 11.7. The molecule has 0 aromatic carbocycles. The van der Waals surface area contributed by atoms with E-state index in [9.17, 15) is 4.79 Å². The third kappa shape index (κ3) is 2.21. The highest BCUT2D eigenvalue weighted by atomic mass is 16.6. The van der Waals surface area contributed by atoms with Crippen LogP contribution in [0.5, 0.6) is 0 Å². The second-order valence-corrected chi connectivity index (χ2v) is 6.16. The lowest BCUT2D eigenvalue weighted by Crippen LogP contribution is -2.54. The van der Waals surface area contributed by atoms with Crippen LogP contribution < -0.4 is 5.32 Å². The summed E-state index contributed by atoms with van der Waals surface area (Å²) in [5.74, 6) is -0.153. The van der Waals surface area contributed by atoms with Gasteiger partial charge in [0.05, 0.1) is 6.04 Å². The second kappa shape index (κ2) is 4.91. The number of nitrogens with one attached hydrogen (secondary N) is 1. The van der Waals surface area contributed by atoms with Crippen LogP contribution in [0.1, 0.15) is 39.5 Å². The first-order valence-electron chi connectivity index (χ1n) is 7.55. The maximum atomic E-state index is 11.7. The fourth-order valence-electron chi connectivity index (χ4n) is 4.00. The summed E-state index contributed by atoms with van der Waals surface area (Å²) in [6, 6.07) is 0.802. The second-order valence-electron chi connectivity index (χ2n) is 6.16. The average molecular weight is 264 g/mol. The SMILES string of the molecule is CCNC1CC2=CC(=O)O[C@]2(C)C2CCCCN2C1. The minimum absolute atomic E-state index is 0.153. The van der Waals surface area contributed by atoms with Crippen molar-refractivity contribution >= 4 is 5.97 Å². The van der Waals surface area contributed by atoms with Crippen molar-refractivity contribution in [2.45, 2.75) is 57.2 Å². The number of hydrogen-bond acceptors (Lipinski definition) is 4. The summed E-state index contributed by atoms with van der Waals surface area (Å²) in [5.41, 5.74) is 0.805. The monoisotopic (exact) mass is 264 g/mol. The Kier molecular flexibility index (Phi) is 3.39. The molecule has 3 heterocycles. The molecule has 0 aromatic rings. The van der Waals surface area contributed by atoms with Crippen molar-refractivity contribution in [1.29, 1.82) is 0 Å². The van der Waals surface area contributed by atoms with Crippen LogP contribution >= 0.6 is 0 Å². The summed E-state index contributed by atoms with van der Waals surface area (Å²) < 4.78 is 5.73. The first kappa shape index (κ1) is 13.1. The molecule has 0 spiro atoms. The zero-order valence-corrected chi connectivity index (χ0v) is 11.9. The van der Waals surface area contributed by atoms with Crippen molar-refractivity contribution in [3.05, 3.63) is 11.6 Å². The van der Waals surface area contributed by atoms with E-state index in [4.69, 9.17) is 4.74 Å². The molecule has 0 radical (unpaired) electrons. The molecule has 3 rings (SSSR count). The van der Waals surface area contributed by atoms with Gasteiger partial charge in [0.25, 0.3) is 0 Å². The van der Waals surface area contributed by atoms with Crippen LogP contribution in [0.4, 0.5) is 0 Å². The highest BCUT2D eigenvalue weighted by Crippen LogP contribution is 2.42. The van der Waals surface area contributed by atoms with Crippen LogP contribution in [0.2, 0.25) is 0 Å². The predicted molar refractivity (Wildman–Crippen MR) is 73.9 cm³/mol. The molecular weight excluding hydrogens is 240 g/mol. The molecule has 3 aliphatic rings. The van der Waals surface area contributed by atoms with Gasteiger partial charge in [0.15, 0.2) is 0 Å². The zero-order valence-electron chi connectivity index (χ0n) is 11.9. The fourth-order valence-corrected chi connectivity index (χ4v) is 4.00. The van der Waals surface area contributed by atoms with Crippen LogP contribution in [-0.4, -0.2) is 48.2 Å². The third-order valence-electron chi connectivity index (χ3n) is 4.91. The molecular formula is C15H24N2O2. The molecule has 106 valence electrons. The fraction of sp³-hybridized carbons (Fsp3) is 0.800.